The van der Waals surface area contributed by atoms with Gasteiger partial charge in [-0.1, -0.05) is 12.2 Å². The summed E-state index contributed by atoms with van der Waals surface area (Å²) in [4.78, 5) is 60.3. The number of carbonyl (C=O) groups is 1. The number of rotatable bonds is 9. The Balaban J connectivity index is 2.07. The van der Waals surface area contributed by atoms with Crippen molar-refractivity contribution < 1.29 is 60.3 Å². The number of halogens is 1. The molecule has 0 amide bonds. The Labute approximate surface area is 170 Å². The van der Waals surface area contributed by atoms with Gasteiger partial charge in [0, 0.05) is 12.6 Å². The van der Waals surface area contributed by atoms with Crippen molar-refractivity contribution in [1.82, 2.24) is 9.55 Å². The minimum atomic E-state index is -5.76. The summed E-state index contributed by atoms with van der Waals surface area (Å²) in [7, 11) is -16.9. The van der Waals surface area contributed by atoms with E-state index in [0.29, 0.717) is 6.29 Å². The number of H-pyrrole nitrogens is 1. The van der Waals surface area contributed by atoms with E-state index in [1.54, 1.807) is 0 Å². The minimum Gasteiger partial charge on any atom is -0.320 e. The number of aldehydes is 1. The summed E-state index contributed by atoms with van der Waals surface area (Å²) in [6, 6.07) is 0. The average Bonchev–Trinajstić information content (AvgIpc) is 2.93. The molecule has 1 fully saturated rings. The zero-order chi connectivity index (χ0) is 23.0. The molecule has 0 aromatic carbocycles. The first-order valence-electron chi connectivity index (χ1n) is 7.50. The normalized spacial score (nSPS) is 26.1. The van der Waals surface area contributed by atoms with Crippen LogP contribution in [0.15, 0.2) is 11.0 Å². The lowest BCUT2D eigenvalue weighted by molar-refractivity contribution is -0.175. The van der Waals surface area contributed by atoms with Gasteiger partial charge in [0.15, 0.2) is 6.29 Å². The van der Waals surface area contributed by atoms with Gasteiger partial charge in [0.05, 0.1) is 5.56 Å². The highest BCUT2D eigenvalue weighted by Gasteiger charge is 2.46. The quantitative estimate of drug-likeness (QED) is 0.176. The second-order valence-corrected chi connectivity index (χ2v) is 10.6. The Hall–Kier alpha value is -0.930. The minimum absolute atomic E-state index is 0.0854. The second kappa shape index (κ2) is 8.90. The highest BCUT2D eigenvalue weighted by atomic mass is 32.1. The molecule has 0 saturated carbocycles. The molecular weight excluding hydrogens is 500 g/mol. The first kappa shape index (κ1) is 25.3. The molecule has 30 heavy (non-hydrogen) atoms. The Bertz CT molecular complexity index is 1080. The van der Waals surface area contributed by atoms with Crippen LogP contribution in [0.25, 0.3) is 0 Å². The summed E-state index contributed by atoms with van der Waals surface area (Å²) < 4.78 is 65.0. The first-order chi connectivity index (χ1) is 13.5. The van der Waals surface area contributed by atoms with Crippen molar-refractivity contribution in [3.05, 3.63) is 26.9 Å². The summed E-state index contributed by atoms with van der Waals surface area (Å²) >= 11 is 4.77. The summed E-state index contributed by atoms with van der Waals surface area (Å²) in [6.07, 6.45) is -0.530. The average molecular weight is 514 g/mol. The number of hydrogen-bond donors (Lipinski definition) is 5. The predicted octanol–water partition coefficient (Wildman–Crippen LogP) is 1.04. The van der Waals surface area contributed by atoms with Gasteiger partial charge in [-0.3, -0.25) is 18.9 Å². The van der Waals surface area contributed by atoms with E-state index in [9.17, 15) is 32.6 Å². The van der Waals surface area contributed by atoms with Crippen molar-refractivity contribution >= 4 is 42.0 Å². The number of aromatic amines is 1. The van der Waals surface area contributed by atoms with Crippen molar-refractivity contribution in [3.8, 4) is 0 Å². The lowest BCUT2D eigenvalue weighted by atomic mass is 10.2. The molecule has 5 N–H and O–H groups in total. The van der Waals surface area contributed by atoms with Crippen LogP contribution in [0.4, 0.5) is 4.39 Å². The zero-order valence-corrected chi connectivity index (χ0v) is 17.9. The number of ether oxygens (including phenoxy) is 1. The van der Waals surface area contributed by atoms with E-state index in [1.165, 1.54) is 0 Å². The third-order valence-electron chi connectivity index (χ3n) is 3.40. The topological polar surface area (TPSA) is 224 Å². The molecule has 4 atom stereocenters. The van der Waals surface area contributed by atoms with Crippen LogP contribution in [0, 0.1) is 4.64 Å². The van der Waals surface area contributed by atoms with Gasteiger partial charge >= 0.3 is 29.2 Å². The summed E-state index contributed by atoms with van der Waals surface area (Å²) in [6.45, 7) is -1.34. The van der Waals surface area contributed by atoms with Gasteiger partial charge in [-0.15, -0.1) is 0 Å². The predicted molar refractivity (Wildman–Crippen MR) is 94.3 cm³/mol. The third kappa shape index (κ3) is 7.05. The molecule has 1 aromatic heterocycles. The summed E-state index contributed by atoms with van der Waals surface area (Å²) in [5, 5.41) is 0. The fraction of sp³-hybridized carbons (Fsp3) is 0.500. The summed E-state index contributed by atoms with van der Waals surface area (Å²) in [5.41, 5.74) is -0.912. The van der Waals surface area contributed by atoms with E-state index in [4.69, 9.17) is 31.6 Å². The zero-order valence-electron chi connectivity index (χ0n) is 14.4. The van der Waals surface area contributed by atoms with E-state index >= 15 is 0 Å². The van der Waals surface area contributed by atoms with Crippen molar-refractivity contribution in [1.29, 1.82) is 0 Å². The highest BCUT2D eigenvalue weighted by molar-refractivity contribution is 7.71. The Morgan fingerprint density at radius 3 is 2.50 bits per heavy atom. The SMILES string of the molecule is O=Cc1cn([C@H]2CC[C@@](F)(COP(=O)(O)OP(=O)(O)OP(=O)(O)O)O2)c(=O)[nH]c1=S. The molecule has 1 aliphatic rings. The van der Waals surface area contributed by atoms with E-state index in [2.05, 4.69) is 18.1 Å². The number of carbonyl (C=O) groups excluding carboxylic acids is 1. The van der Waals surface area contributed by atoms with Gasteiger partial charge in [0.2, 0.25) is 5.85 Å². The lowest BCUT2D eigenvalue weighted by Gasteiger charge is -2.23. The molecule has 1 aromatic rings. The van der Waals surface area contributed by atoms with Gasteiger partial charge in [-0.25, -0.2) is 22.9 Å². The maximum Gasteiger partial charge on any atom is 0.490 e. The molecule has 2 rings (SSSR count). The third-order valence-corrected chi connectivity index (χ3v) is 7.52. The van der Waals surface area contributed by atoms with Gasteiger partial charge < -0.3 is 24.3 Å². The fourth-order valence-electron chi connectivity index (χ4n) is 2.28. The Morgan fingerprint density at radius 2 is 1.93 bits per heavy atom. The van der Waals surface area contributed by atoms with E-state index in [1.807, 2.05) is 0 Å². The van der Waals surface area contributed by atoms with Crippen LogP contribution < -0.4 is 5.69 Å². The van der Waals surface area contributed by atoms with Crippen LogP contribution >= 0.6 is 35.7 Å². The summed E-state index contributed by atoms with van der Waals surface area (Å²) in [5.74, 6) is -2.77. The fourth-order valence-corrected chi connectivity index (χ4v) is 5.52. The Morgan fingerprint density at radius 1 is 1.30 bits per heavy atom. The molecule has 1 aliphatic heterocycles. The molecule has 0 radical (unpaired) electrons. The van der Waals surface area contributed by atoms with Gasteiger partial charge in [-0.2, -0.15) is 8.62 Å². The molecule has 0 spiro atoms. The molecule has 1 saturated heterocycles. The van der Waals surface area contributed by atoms with Crippen LogP contribution in [0.2, 0.25) is 0 Å². The number of phosphoric acid groups is 3. The number of phosphoric ester groups is 1. The lowest BCUT2D eigenvalue weighted by Crippen LogP contribution is -2.32. The number of alkyl halides is 1. The number of aromatic nitrogens is 2. The number of nitrogens with zero attached hydrogens (tertiary/aromatic N) is 1. The molecule has 15 nitrogen and oxygen atoms in total. The standard InChI is InChI=1S/C10H14FN2O13P3S/c11-10(5-23-28(19,20)26-29(21,22)25-27(16,17)18)2-1-7(24-10)13-3-6(4-14)8(30)12-9(13)15/h3-4,7H,1-2,5H2,(H,19,20)(H,21,22)(H,12,15,30)(H2,16,17,18)/t7-,10+/m1/s1. The second-order valence-electron chi connectivity index (χ2n) is 5.73. The maximum atomic E-state index is 14.7. The molecule has 170 valence electrons. The van der Waals surface area contributed by atoms with Crippen LogP contribution in [-0.2, 0) is 31.6 Å². The smallest absolute Gasteiger partial charge is 0.320 e. The van der Waals surface area contributed by atoms with E-state index in [0.717, 1.165) is 10.8 Å². The van der Waals surface area contributed by atoms with Crippen molar-refractivity contribution in [2.24, 2.45) is 0 Å². The van der Waals surface area contributed by atoms with Crippen molar-refractivity contribution in [3.63, 3.8) is 0 Å². The van der Waals surface area contributed by atoms with Crippen LogP contribution in [0.1, 0.15) is 29.4 Å². The molecule has 2 unspecified atom stereocenters. The van der Waals surface area contributed by atoms with Crippen LogP contribution in [0.5, 0.6) is 0 Å². The van der Waals surface area contributed by atoms with Crippen LogP contribution in [-0.4, -0.2) is 47.9 Å². The molecule has 2 heterocycles. The number of hydrogen-bond acceptors (Lipinski definition) is 10. The maximum absolute atomic E-state index is 14.7. The van der Waals surface area contributed by atoms with Gasteiger partial charge in [-0.05, 0) is 6.42 Å². The molecule has 20 heteroatoms. The first-order valence-corrected chi connectivity index (χ1v) is 12.4. The molecule has 0 aliphatic carbocycles. The Kier molecular flexibility index (Phi) is 7.52. The number of nitrogens with one attached hydrogen (secondary N) is 1. The largest absolute Gasteiger partial charge is 0.490 e. The van der Waals surface area contributed by atoms with Crippen LogP contribution in [0.3, 0.4) is 0 Å². The van der Waals surface area contributed by atoms with Gasteiger partial charge in [0.1, 0.15) is 17.5 Å². The molecule has 0 bridgehead atoms. The van der Waals surface area contributed by atoms with Crippen molar-refractivity contribution in [2.75, 3.05) is 6.61 Å². The molecular formula is C10H14FN2O13P3S. The van der Waals surface area contributed by atoms with Gasteiger partial charge in [0.25, 0.3) is 0 Å². The van der Waals surface area contributed by atoms with E-state index in [-0.39, 0.29) is 16.6 Å². The monoisotopic (exact) mass is 514 g/mol. The highest BCUT2D eigenvalue weighted by Crippen LogP contribution is 2.66. The van der Waals surface area contributed by atoms with E-state index < -0.39 is 54.3 Å². The van der Waals surface area contributed by atoms with Crippen molar-refractivity contribution in [2.45, 2.75) is 24.9 Å².